The molecule has 2 aromatic carbocycles. The Morgan fingerprint density at radius 2 is 1.77 bits per heavy atom. The minimum Gasteiger partial charge on any atom is -0.495 e. The summed E-state index contributed by atoms with van der Waals surface area (Å²) in [4.78, 5) is 25.8. The van der Waals surface area contributed by atoms with E-state index in [1.165, 1.54) is 0 Å². The number of rotatable bonds is 7. The van der Waals surface area contributed by atoms with Crippen LogP contribution in [-0.2, 0) is 6.42 Å². The minimum atomic E-state index is -0.371. The lowest BCUT2D eigenvalue weighted by atomic mass is 10.1. The lowest BCUT2D eigenvalue weighted by Crippen LogP contribution is -2.20. The summed E-state index contributed by atoms with van der Waals surface area (Å²) in [6.07, 6.45) is 4.15. The Bertz CT molecular complexity index is 1360. The summed E-state index contributed by atoms with van der Waals surface area (Å²) in [7, 11) is 1.57. The lowest BCUT2D eigenvalue weighted by molar-refractivity contribution is 0.262. The smallest absolute Gasteiger partial charge is 0.323 e. The number of ether oxygens (including phenoxy) is 2. The predicted molar refractivity (Wildman–Crippen MR) is 136 cm³/mol. The van der Waals surface area contributed by atoms with Gasteiger partial charge in [0.1, 0.15) is 17.3 Å². The fourth-order valence-electron chi connectivity index (χ4n) is 3.54. The Kier molecular flexibility index (Phi) is 7.21. The highest BCUT2D eigenvalue weighted by Gasteiger charge is 2.13. The van der Waals surface area contributed by atoms with Crippen molar-refractivity contribution < 1.29 is 14.3 Å². The number of amides is 2. The molecular formula is C27H27N5O3. The Labute approximate surface area is 204 Å². The highest BCUT2D eigenvalue weighted by molar-refractivity contribution is 6.00. The van der Waals surface area contributed by atoms with Gasteiger partial charge in [-0.25, -0.2) is 19.7 Å². The largest absolute Gasteiger partial charge is 0.495 e. The number of urea groups is 1. The number of hydrogen-bond donors (Lipinski definition) is 2. The summed E-state index contributed by atoms with van der Waals surface area (Å²) in [5.41, 5.74) is 4.60. The zero-order valence-electron chi connectivity index (χ0n) is 20.1. The molecule has 0 saturated carbocycles. The van der Waals surface area contributed by atoms with E-state index < -0.39 is 0 Å². The average Bonchev–Trinajstić information content (AvgIpc) is 2.86. The number of pyridine rings is 1. The summed E-state index contributed by atoms with van der Waals surface area (Å²) < 4.78 is 11.5. The van der Waals surface area contributed by atoms with E-state index in [4.69, 9.17) is 9.47 Å². The van der Waals surface area contributed by atoms with E-state index in [0.717, 1.165) is 34.6 Å². The van der Waals surface area contributed by atoms with Crippen LogP contribution in [0.1, 0.15) is 23.9 Å². The first-order chi connectivity index (χ1) is 17.0. The summed E-state index contributed by atoms with van der Waals surface area (Å²) in [5.74, 6) is 2.42. The van der Waals surface area contributed by atoms with Crippen molar-refractivity contribution in [1.29, 1.82) is 0 Å². The van der Waals surface area contributed by atoms with Gasteiger partial charge in [0, 0.05) is 24.5 Å². The van der Waals surface area contributed by atoms with Gasteiger partial charge in [0.2, 0.25) is 5.88 Å². The second-order valence-electron chi connectivity index (χ2n) is 7.93. The highest BCUT2D eigenvalue weighted by Crippen LogP contribution is 2.33. The van der Waals surface area contributed by atoms with Crippen LogP contribution in [0.5, 0.6) is 17.4 Å². The molecule has 0 radical (unpaired) electrons. The molecule has 4 rings (SSSR count). The second kappa shape index (κ2) is 10.6. The van der Waals surface area contributed by atoms with Crippen molar-refractivity contribution >= 4 is 17.4 Å². The maximum Gasteiger partial charge on any atom is 0.323 e. The van der Waals surface area contributed by atoms with Gasteiger partial charge in [-0.1, -0.05) is 13.0 Å². The number of aromatic nitrogens is 3. The number of benzene rings is 2. The van der Waals surface area contributed by atoms with Gasteiger partial charge in [0.05, 0.1) is 24.1 Å². The summed E-state index contributed by atoms with van der Waals surface area (Å²) in [6.45, 7) is 5.87. The number of carbonyl (C=O) groups is 1. The summed E-state index contributed by atoms with van der Waals surface area (Å²) >= 11 is 0. The maximum atomic E-state index is 12.6. The molecule has 35 heavy (non-hydrogen) atoms. The molecule has 0 unspecified atom stereocenters. The minimum absolute atomic E-state index is 0.371. The third-order valence-corrected chi connectivity index (χ3v) is 5.31. The van der Waals surface area contributed by atoms with Gasteiger partial charge in [0.15, 0.2) is 0 Å². The van der Waals surface area contributed by atoms with Crippen LogP contribution in [0.15, 0.2) is 67.0 Å². The predicted octanol–water partition coefficient (Wildman–Crippen LogP) is 6.16. The monoisotopic (exact) mass is 469 g/mol. The Hall–Kier alpha value is -4.46. The Morgan fingerprint density at radius 1 is 0.943 bits per heavy atom. The summed E-state index contributed by atoms with van der Waals surface area (Å²) in [5, 5.41) is 5.68. The Balaban J connectivity index is 1.50. The molecule has 0 bridgehead atoms. The van der Waals surface area contributed by atoms with Crippen molar-refractivity contribution in [2.75, 3.05) is 17.7 Å². The third-order valence-electron chi connectivity index (χ3n) is 5.31. The van der Waals surface area contributed by atoms with Crippen LogP contribution in [0, 0.1) is 13.8 Å². The van der Waals surface area contributed by atoms with Gasteiger partial charge in [-0.05, 0) is 73.5 Å². The van der Waals surface area contributed by atoms with E-state index in [0.29, 0.717) is 28.8 Å². The molecule has 4 aromatic rings. The van der Waals surface area contributed by atoms with E-state index in [2.05, 4.69) is 25.6 Å². The molecule has 0 atom stereocenters. The van der Waals surface area contributed by atoms with Gasteiger partial charge >= 0.3 is 6.03 Å². The molecule has 2 amide bonds. The third kappa shape index (κ3) is 5.73. The van der Waals surface area contributed by atoms with E-state index in [1.54, 1.807) is 31.6 Å². The lowest BCUT2D eigenvalue weighted by Gasteiger charge is -2.14. The van der Waals surface area contributed by atoms with Crippen LogP contribution in [-0.4, -0.2) is 28.1 Å². The number of methoxy groups -OCH3 is 1. The van der Waals surface area contributed by atoms with Crippen LogP contribution >= 0.6 is 0 Å². The molecule has 0 aliphatic heterocycles. The van der Waals surface area contributed by atoms with Crippen LogP contribution in [0.3, 0.4) is 0 Å². The van der Waals surface area contributed by atoms with Crippen LogP contribution in [0.4, 0.5) is 16.2 Å². The van der Waals surface area contributed by atoms with E-state index >= 15 is 0 Å². The molecule has 0 aliphatic carbocycles. The second-order valence-corrected chi connectivity index (χ2v) is 7.93. The normalized spacial score (nSPS) is 10.5. The van der Waals surface area contributed by atoms with Crippen LogP contribution in [0.2, 0.25) is 0 Å². The molecule has 8 nitrogen and oxygen atoms in total. The Morgan fingerprint density at radius 3 is 2.54 bits per heavy atom. The number of aryl methyl sites for hydroxylation is 3. The van der Waals surface area contributed by atoms with Crippen molar-refractivity contribution in [1.82, 2.24) is 15.0 Å². The first-order valence-electron chi connectivity index (χ1n) is 11.2. The molecular weight excluding hydrogens is 442 g/mol. The molecule has 2 aromatic heterocycles. The number of carbonyl (C=O) groups excluding carboxylic acids is 1. The fourth-order valence-corrected chi connectivity index (χ4v) is 3.54. The molecule has 0 saturated heterocycles. The zero-order chi connectivity index (χ0) is 24.8. The van der Waals surface area contributed by atoms with Gasteiger partial charge < -0.3 is 20.1 Å². The SMILES string of the molecule is CCc1nccc(-c2cccnc2Oc2ccc(NC(=O)Nc3cc(C)ccc3OC)cc2C)n1. The van der Waals surface area contributed by atoms with Crippen molar-refractivity contribution in [2.24, 2.45) is 0 Å². The van der Waals surface area contributed by atoms with E-state index in [-0.39, 0.29) is 6.03 Å². The molecule has 2 heterocycles. The number of nitrogens with one attached hydrogen (secondary N) is 2. The summed E-state index contributed by atoms with van der Waals surface area (Å²) in [6, 6.07) is 16.2. The van der Waals surface area contributed by atoms with Crippen molar-refractivity contribution in [2.45, 2.75) is 27.2 Å². The van der Waals surface area contributed by atoms with Crippen molar-refractivity contribution in [3.05, 3.63) is 83.9 Å². The van der Waals surface area contributed by atoms with Gasteiger partial charge in [-0.2, -0.15) is 0 Å². The van der Waals surface area contributed by atoms with E-state index in [1.807, 2.05) is 63.2 Å². The fraction of sp³-hybridized carbons (Fsp3) is 0.185. The molecule has 0 fully saturated rings. The van der Waals surface area contributed by atoms with Crippen LogP contribution in [0.25, 0.3) is 11.3 Å². The number of nitrogens with zero attached hydrogens (tertiary/aromatic N) is 3. The first kappa shape index (κ1) is 23.7. The topological polar surface area (TPSA) is 98.3 Å². The quantitative estimate of drug-likeness (QED) is 0.336. The molecule has 0 aliphatic rings. The average molecular weight is 470 g/mol. The van der Waals surface area contributed by atoms with Gasteiger partial charge in [-0.15, -0.1) is 0 Å². The molecule has 8 heteroatoms. The number of hydrogen-bond acceptors (Lipinski definition) is 6. The van der Waals surface area contributed by atoms with E-state index in [9.17, 15) is 4.79 Å². The van der Waals surface area contributed by atoms with Crippen LogP contribution < -0.4 is 20.1 Å². The van der Waals surface area contributed by atoms with Gasteiger partial charge in [-0.3, -0.25) is 0 Å². The molecule has 0 spiro atoms. The highest BCUT2D eigenvalue weighted by atomic mass is 16.5. The molecule has 178 valence electrons. The molecule has 2 N–H and O–H groups in total. The first-order valence-corrected chi connectivity index (χ1v) is 11.2. The number of anilines is 2. The zero-order valence-corrected chi connectivity index (χ0v) is 20.1. The van der Waals surface area contributed by atoms with Crippen molar-refractivity contribution in [3.63, 3.8) is 0 Å². The van der Waals surface area contributed by atoms with Gasteiger partial charge in [0.25, 0.3) is 0 Å². The van der Waals surface area contributed by atoms with Crippen molar-refractivity contribution in [3.8, 4) is 28.6 Å². The standard InChI is InChI=1S/C27H27N5O3/c1-5-25-28-14-12-21(31-25)20-7-6-13-29-26(20)35-23-11-9-19(16-18(23)3)30-27(33)32-22-15-17(2)8-10-24(22)34-4/h6-16H,5H2,1-4H3,(H2,30,32,33). The maximum absolute atomic E-state index is 12.6.